The molecule has 2 aliphatic heterocycles. The van der Waals surface area contributed by atoms with Crippen LogP contribution >= 0.6 is 0 Å². The first kappa shape index (κ1) is 14.8. The Morgan fingerprint density at radius 1 is 1.14 bits per heavy atom. The lowest BCUT2D eigenvalue weighted by Gasteiger charge is -2.37. The van der Waals surface area contributed by atoms with E-state index in [4.69, 9.17) is 0 Å². The molecule has 0 spiro atoms. The fourth-order valence-corrected chi connectivity index (χ4v) is 4.35. The predicted octanol–water partition coefficient (Wildman–Crippen LogP) is 1.62. The molecule has 0 bridgehead atoms. The Bertz CT molecular complexity index is 412. The van der Waals surface area contributed by atoms with Gasteiger partial charge in [0, 0.05) is 12.6 Å². The highest BCUT2D eigenvalue weighted by molar-refractivity contribution is 5.87. The molecular formula is C16H26N2O3. The number of nitrogens with zero attached hydrogens (tertiary/aromatic N) is 1. The number of piperidine rings is 1. The van der Waals surface area contributed by atoms with Crippen LogP contribution in [0.3, 0.4) is 0 Å². The largest absolute Gasteiger partial charge is 0.480 e. The zero-order valence-corrected chi connectivity index (χ0v) is 12.8. The summed E-state index contributed by atoms with van der Waals surface area (Å²) in [6, 6.07) is -0.321. The molecule has 5 nitrogen and oxygen atoms in total. The molecule has 1 amide bonds. The van der Waals surface area contributed by atoms with E-state index in [0.29, 0.717) is 30.8 Å². The summed E-state index contributed by atoms with van der Waals surface area (Å²) in [5.41, 5.74) is 0. The maximum absolute atomic E-state index is 12.8. The number of likely N-dealkylation sites (tertiary alicyclic amines) is 1. The zero-order valence-electron chi connectivity index (χ0n) is 12.8. The van der Waals surface area contributed by atoms with Crippen LogP contribution in [0, 0.1) is 11.8 Å². The van der Waals surface area contributed by atoms with Gasteiger partial charge in [0.05, 0.1) is 6.04 Å². The van der Waals surface area contributed by atoms with Gasteiger partial charge >= 0.3 is 5.97 Å². The first-order valence-corrected chi connectivity index (χ1v) is 8.35. The molecule has 5 unspecified atom stereocenters. The van der Waals surface area contributed by atoms with Crippen LogP contribution < -0.4 is 5.32 Å². The van der Waals surface area contributed by atoms with Gasteiger partial charge in [-0.05, 0) is 43.9 Å². The molecule has 3 rings (SSSR count). The van der Waals surface area contributed by atoms with E-state index in [1.807, 2.05) is 0 Å². The van der Waals surface area contributed by atoms with Crippen LogP contribution in [0.5, 0.6) is 0 Å². The van der Waals surface area contributed by atoms with Crippen LogP contribution in [0.4, 0.5) is 0 Å². The molecule has 1 aliphatic carbocycles. The monoisotopic (exact) mass is 294 g/mol. The van der Waals surface area contributed by atoms with E-state index >= 15 is 0 Å². The average molecular weight is 294 g/mol. The van der Waals surface area contributed by atoms with E-state index in [1.54, 1.807) is 4.90 Å². The summed E-state index contributed by atoms with van der Waals surface area (Å²) < 4.78 is 0. The molecule has 1 saturated carbocycles. The summed E-state index contributed by atoms with van der Waals surface area (Å²) in [5, 5.41) is 12.9. The first-order valence-electron chi connectivity index (χ1n) is 8.35. The summed E-state index contributed by atoms with van der Waals surface area (Å²) in [5.74, 6) is 0.156. The number of hydrogen-bond donors (Lipinski definition) is 2. The second-order valence-corrected chi connectivity index (χ2v) is 7.12. The van der Waals surface area contributed by atoms with Crippen LogP contribution in [-0.2, 0) is 9.59 Å². The number of carboxylic acid groups (broad SMARTS) is 1. The SMILES string of the molecule is CC1CCN(C(=O)C2CC3CCCCC3N2)C(C(=O)O)C1. The molecular weight excluding hydrogens is 268 g/mol. The maximum atomic E-state index is 12.8. The van der Waals surface area contributed by atoms with Crippen molar-refractivity contribution in [3.63, 3.8) is 0 Å². The minimum atomic E-state index is -0.856. The third-order valence-corrected chi connectivity index (χ3v) is 5.59. The van der Waals surface area contributed by atoms with Gasteiger partial charge in [-0.3, -0.25) is 4.79 Å². The minimum Gasteiger partial charge on any atom is -0.480 e. The number of carboxylic acids is 1. The van der Waals surface area contributed by atoms with Crippen molar-refractivity contribution in [1.29, 1.82) is 0 Å². The fourth-order valence-electron chi connectivity index (χ4n) is 4.35. The van der Waals surface area contributed by atoms with E-state index in [-0.39, 0.29) is 11.9 Å². The van der Waals surface area contributed by atoms with Crippen molar-refractivity contribution in [2.75, 3.05) is 6.54 Å². The van der Waals surface area contributed by atoms with Crippen LogP contribution in [-0.4, -0.2) is 46.6 Å². The summed E-state index contributed by atoms with van der Waals surface area (Å²) in [6.45, 7) is 2.66. The van der Waals surface area contributed by atoms with Crippen molar-refractivity contribution >= 4 is 11.9 Å². The third-order valence-electron chi connectivity index (χ3n) is 5.59. The maximum Gasteiger partial charge on any atom is 0.326 e. The van der Waals surface area contributed by atoms with Crippen molar-refractivity contribution in [3.8, 4) is 0 Å². The molecule has 2 N–H and O–H groups in total. The molecule has 2 heterocycles. The van der Waals surface area contributed by atoms with Crippen molar-refractivity contribution < 1.29 is 14.7 Å². The number of carbonyl (C=O) groups is 2. The molecule has 0 aromatic heterocycles. The smallest absolute Gasteiger partial charge is 0.326 e. The molecule has 0 aromatic carbocycles. The van der Waals surface area contributed by atoms with E-state index in [0.717, 1.165) is 19.3 Å². The van der Waals surface area contributed by atoms with Crippen molar-refractivity contribution in [3.05, 3.63) is 0 Å². The van der Waals surface area contributed by atoms with E-state index in [2.05, 4.69) is 12.2 Å². The van der Waals surface area contributed by atoms with Crippen molar-refractivity contribution in [1.82, 2.24) is 10.2 Å². The van der Waals surface area contributed by atoms with Crippen LogP contribution in [0.15, 0.2) is 0 Å². The standard InChI is InChI=1S/C16H26N2O3/c1-10-6-7-18(14(8-10)16(20)21)15(19)13-9-11-4-2-3-5-12(11)17-13/h10-14,17H,2-9H2,1H3,(H,20,21). The number of hydrogen-bond acceptors (Lipinski definition) is 3. The second kappa shape index (κ2) is 5.95. The Kier molecular flexibility index (Phi) is 4.20. The lowest BCUT2D eigenvalue weighted by atomic mass is 9.85. The zero-order chi connectivity index (χ0) is 15.0. The second-order valence-electron chi connectivity index (χ2n) is 7.12. The van der Waals surface area contributed by atoms with Crippen LogP contribution in [0.1, 0.15) is 51.9 Å². The molecule has 0 radical (unpaired) electrons. The van der Waals surface area contributed by atoms with Crippen LogP contribution in [0.25, 0.3) is 0 Å². The van der Waals surface area contributed by atoms with E-state index in [1.165, 1.54) is 19.3 Å². The predicted molar refractivity (Wildman–Crippen MR) is 78.8 cm³/mol. The van der Waals surface area contributed by atoms with Gasteiger partial charge < -0.3 is 15.3 Å². The summed E-state index contributed by atoms with van der Waals surface area (Å²) in [6.07, 6.45) is 7.27. The fraction of sp³-hybridized carbons (Fsp3) is 0.875. The van der Waals surface area contributed by atoms with Gasteiger partial charge in [0.2, 0.25) is 5.91 Å². The number of carbonyl (C=O) groups excluding carboxylic acids is 1. The third kappa shape index (κ3) is 2.93. The summed E-state index contributed by atoms with van der Waals surface area (Å²) >= 11 is 0. The molecule has 118 valence electrons. The molecule has 5 atom stereocenters. The Morgan fingerprint density at radius 2 is 1.90 bits per heavy atom. The van der Waals surface area contributed by atoms with Crippen molar-refractivity contribution in [2.45, 2.75) is 70.0 Å². The molecule has 0 aromatic rings. The molecule has 3 fully saturated rings. The Hall–Kier alpha value is -1.10. The Balaban J connectivity index is 1.68. The molecule has 5 heteroatoms. The average Bonchev–Trinajstić information content (AvgIpc) is 2.90. The number of amides is 1. The van der Waals surface area contributed by atoms with E-state index in [9.17, 15) is 14.7 Å². The highest BCUT2D eigenvalue weighted by Crippen LogP contribution is 2.34. The van der Waals surface area contributed by atoms with Crippen LogP contribution in [0.2, 0.25) is 0 Å². The minimum absolute atomic E-state index is 0.0173. The molecule has 3 aliphatic rings. The lowest BCUT2D eigenvalue weighted by Crippen LogP contribution is -2.55. The highest BCUT2D eigenvalue weighted by atomic mass is 16.4. The van der Waals surface area contributed by atoms with Gasteiger partial charge in [-0.15, -0.1) is 0 Å². The number of aliphatic carboxylic acids is 1. The van der Waals surface area contributed by atoms with Gasteiger partial charge in [0.15, 0.2) is 0 Å². The highest BCUT2D eigenvalue weighted by Gasteiger charge is 2.43. The Morgan fingerprint density at radius 3 is 2.62 bits per heavy atom. The van der Waals surface area contributed by atoms with Crippen molar-refractivity contribution in [2.24, 2.45) is 11.8 Å². The van der Waals surface area contributed by atoms with Gasteiger partial charge in [-0.25, -0.2) is 4.79 Å². The van der Waals surface area contributed by atoms with E-state index < -0.39 is 12.0 Å². The van der Waals surface area contributed by atoms with Gasteiger partial charge in [0.25, 0.3) is 0 Å². The van der Waals surface area contributed by atoms with Gasteiger partial charge in [-0.1, -0.05) is 19.8 Å². The normalized spacial score (nSPS) is 39.9. The topological polar surface area (TPSA) is 69.6 Å². The molecule has 2 saturated heterocycles. The van der Waals surface area contributed by atoms with Gasteiger partial charge in [0.1, 0.15) is 6.04 Å². The first-order chi connectivity index (χ1) is 10.1. The summed E-state index contributed by atoms with van der Waals surface area (Å²) in [4.78, 5) is 25.9. The number of rotatable bonds is 2. The Labute approximate surface area is 126 Å². The lowest BCUT2D eigenvalue weighted by molar-refractivity contribution is -0.153. The number of fused-ring (bicyclic) bond motifs is 1. The van der Waals surface area contributed by atoms with Gasteiger partial charge in [-0.2, -0.15) is 0 Å². The summed E-state index contributed by atoms with van der Waals surface area (Å²) in [7, 11) is 0. The molecule has 21 heavy (non-hydrogen) atoms. The number of nitrogens with one attached hydrogen (secondary N) is 1. The quantitative estimate of drug-likeness (QED) is 0.812.